The first-order chi connectivity index (χ1) is 9.51. The van der Waals surface area contributed by atoms with Crippen molar-refractivity contribution in [2.45, 2.75) is 26.7 Å². The summed E-state index contributed by atoms with van der Waals surface area (Å²) in [6.45, 7) is 6.55. The van der Waals surface area contributed by atoms with Crippen molar-refractivity contribution in [3.05, 3.63) is 41.7 Å². The second-order valence-electron chi connectivity index (χ2n) is 4.81. The number of benzene rings is 1. The Morgan fingerprint density at radius 1 is 1.15 bits per heavy atom. The second-order valence-corrected chi connectivity index (χ2v) is 4.81. The molecule has 5 heteroatoms. The molecule has 0 fully saturated rings. The maximum absolute atomic E-state index is 13.9. The van der Waals surface area contributed by atoms with E-state index in [1.807, 2.05) is 20.8 Å². The summed E-state index contributed by atoms with van der Waals surface area (Å²) in [5, 5.41) is 3.08. The van der Waals surface area contributed by atoms with Crippen LogP contribution in [-0.4, -0.2) is 16.5 Å². The van der Waals surface area contributed by atoms with Gasteiger partial charge in [0.1, 0.15) is 23.3 Å². The molecule has 1 heterocycles. The predicted molar refractivity (Wildman–Crippen MR) is 75.6 cm³/mol. The minimum Gasteiger partial charge on any atom is -0.370 e. The molecule has 2 rings (SSSR count). The molecule has 0 aliphatic heterocycles. The summed E-state index contributed by atoms with van der Waals surface area (Å²) in [5.41, 5.74) is 0.533. The van der Waals surface area contributed by atoms with Crippen LogP contribution in [0, 0.1) is 11.6 Å². The molecular weight excluding hydrogens is 260 g/mol. The van der Waals surface area contributed by atoms with Crippen LogP contribution in [0.15, 0.2) is 24.3 Å². The highest BCUT2D eigenvalue weighted by Crippen LogP contribution is 2.25. The third kappa shape index (κ3) is 3.10. The first-order valence-corrected chi connectivity index (χ1v) is 6.59. The third-order valence-corrected chi connectivity index (χ3v) is 2.82. The molecule has 0 saturated carbocycles. The van der Waals surface area contributed by atoms with Crippen LogP contribution in [0.25, 0.3) is 11.3 Å². The molecule has 0 aliphatic rings. The zero-order valence-electron chi connectivity index (χ0n) is 11.7. The fraction of sp³-hybridized carbons (Fsp3) is 0.333. The average molecular weight is 277 g/mol. The summed E-state index contributed by atoms with van der Waals surface area (Å²) in [7, 11) is 0. The van der Waals surface area contributed by atoms with Crippen molar-refractivity contribution in [2.75, 3.05) is 11.9 Å². The smallest absolute Gasteiger partial charge is 0.133 e. The molecule has 0 radical (unpaired) electrons. The van der Waals surface area contributed by atoms with E-state index >= 15 is 0 Å². The number of anilines is 1. The van der Waals surface area contributed by atoms with Crippen LogP contribution in [0.1, 0.15) is 32.5 Å². The number of hydrogen-bond donors (Lipinski definition) is 1. The molecule has 0 saturated heterocycles. The van der Waals surface area contributed by atoms with Crippen molar-refractivity contribution in [3.63, 3.8) is 0 Å². The van der Waals surface area contributed by atoms with E-state index in [0.717, 1.165) is 18.2 Å². The van der Waals surface area contributed by atoms with Gasteiger partial charge in [-0.15, -0.1) is 0 Å². The SMILES string of the molecule is CCNc1cc(-c2cc(F)ccc2F)nc(C(C)C)n1. The highest BCUT2D eigenvalue weighted by molar-refractivity contribution is 5.63. The van der Waals surface area contributed by atoms with E-state index in [-0.39, 0.29) is 11.5 Å². The van der Waals surface area contributed by atoms with Crippen LogP contribution < -0.4 is 5.32 Å². The van der Waals surface area contributed by atoms with Gasteiger partial charge < -0.3 is 5.32 Å². The molecule has 1 N–H and O–H groups in total. The Morgan fingerprint density at radius 3 is 2.55 bits per heavy atom. The van der Waals surface area contributed by atoms with Crippen LogP contribution in [-0.2, 0) is 0 Å². The van der Waals surface area contributed by atoms with Gasteiger partial charge in [0.2, 0.25) is 0 Å². The number of nitrogens with one attached hydrogen (secondary N) is 1. The number of aromatic nitrogens is 2. The summed E-state index contributed by atoms with van der Waals surface area (Å²) in [6.07, 6.45) is 0. The van der Waals surface area contributed by atoms with Crippen molar-refractivity contribution in [1.82, 2.24) is 9.97 Å². The second kappa shape index (κ2) is 5.94. The van der Waals surface area contributed by atoms with E-state index in [1.54, 1.807) is 6.07 Å². The lowest BCUT2D eigenvalue weighted by molar-refractivity contribution is 0.602. The highest BCUT2D eigenvalue weighted by atomic mass is 19.1. The molecule has 1 aromatic heterocycles. The molecule has 0 amide bonds. The highest BCUT2D eigenvalue weighted by Gasteiger charge is 2.13. The Morgan fingerprint density at radius 2 is 1.90 bits per heavy atom. The van der Waals surface area contributed by atoms with Crippen LogP contribution in [0.5, 0.6) is 0 Å². The molecule has 0 atom stereocenters. The van der Waals surface area contributed by atoms with E-state index in [9.17, 15) is 8.78 Å². The van der Waals surface area contributed by atoms with Crippen molar-refractivity contribution in [2.24, 2.45) is 0 Å². The predicted octanol–water partition coefficient (Wildman–Crippen LogP) is 3.98. The molecule has 20 heavy (non-hydrogen) atoms. The van der Waals surface area contributed by atoms with Gasteiger partial charge in [0.25, 0.3) is 0 Å². The molecule has 2 aromatic rings. The minimum atomic E-state index is -0.498. The van der Waals surface area contributed by atoms with Gasteiger partial charge >= 0.3 is 0 Å². The Bertz CT molecular complexity index is 612. The van der Waals surface area contributed by atoms with Crippen LogP contribution in [0.2, 0.25) is 0 Å². The average Bonchev–Trinajstić information content (AvgIpc) is 2.41. The Hall–Kier alpha value is -2.04. The quantitative estimate of drug-likeness (QED) is 0.918. The lowest BCUT2D eigenvalue weighted by atomic mass is 10.1. The Kier molecular flexibility index (Phi) is 4.27. The summed E-state index contributed by atoms with van der Waals surface area (Å²) >= 11 is 0. The van der Waals surface area contributed by atoms with Crippen LogP contribution in [0.4, 0.5) is 14.6 Å². The van der Waals surface area contributed by atoms with E-state index in [0.29, 0.717) is 23.9 Å². The molecule has 106 valence electrons. The van der Waals surface area contributed by atoms with Crippen LogP contribution in [0.3, 0.4) is 0 Å². The van der Waals surface area contributed by atoms with Gasteiger partial charge in [0, 0.05) is 24.1 Å². The lowest BCUT2D eigenvalue weighted by Crippen LogP contribution is -2.06. The first-order valence-electron chi connectivity index (χ1n) is 6.59. The summed E-state index contributed by atoms with van der Waals surface area (Å²) in [5.74, 6) is 0.328. The number of rotatable bonds is 4. The fourth-order valence-corrected chi connectivity index (χ4v) is 1.83. The number of hydrogen-bond acceptors (Lipinski definition) is 3. The molecule has 3 nitrogen and oxygen atoms in total. The zero-order valence-corrected chi connectivity index (χ0v) is 11.7. The molecule has 1 aromatic carbocycles. The molecule has 0 spiro atoms. The van der Waals surface area contributed by atoms with Gasteiger partial charge in [-0.2, -0.15) is 0 Å². The van der Waals surface area contributed by atoms with Gasteiger partial charge in [-0.1, -0.05) is 13.8 Å². The first kappa shape index (κ1) is 14.4. The monoisotopic (exact) mass is 277 g/mol. The van der Waals surface area contributed by atoms with E-state index < -0.39 is 11.6 Å². The standard InChI is InChI=1S/C15H17F2N3/c1-4-18-14-8-13(19-15(20-14)9(2)3)11-7-10(16)5-6-12(11)17/h5-9H,4H2,1-3H3,(H,18,19,20). The number of nitrogens with zero attached hydrogens (tertiary/aromatic N) is 2. The molecule has 0 aliphatic carbocycles. The summed E-state index contributed by atoms with van der Waals surface area (Å²) in [4.78, 5) is 8.69. The zero-order chi connectivity index (χ0) is 14.7. The van der Waals surface area contributed by atoms with Gasteiger partial charge in [0.15, 0.2) is 0 Å². The largest absolute Gasteiger partial charge is 0.370 e. The maximum atomic E-state index is 13.9. The maximum Gasteiger partial charge on any atom is 0.133 e. The van der Waals surface area contributed by atoms with Gasteiger partial charge in [0.05, 0.1) is 5.69 Å². The molecule has 0 bridgehead atoms. The topological polar surface area (TPSA) is 37.8 Å². The molecular formula is C15H17F2N3. The molecule has 0 unspecified atom stereocenters. The van der Waals surface area contributed by atoms with E-state index in [4.69, 9.17) is 0 Å². The van der Waals surface area contributed by atoms with Crippen molar-refractivity contribution < 1.29 is 8.78 Å². The minimum absolute atomic E-state index is 0.101. The van der Waals surface area contributed by atoms with Crippen molar-refractivity contribution in [3.8, 4) is 11.3 Å². The number of halogens is 2. The van der Waals surface area contributed by atoms with Crippen molar-refractivity contribution in [1.29, 1.82) is 0 Å². The normalized spacial score (nSPS) is 10.9. The Balaban J connectivity index is 2.57. The lowest BCUT2D eigenvalue weighted by Gasteiger charge is -2.11. The van der Waals surface area contributed by atoms with Gasteiger partial charge in [-0.05, 0) is 25.1 Å². The third-order valence-electron chi connectivity index (χ3n) is 2.82. The summed E-state index contributed by atoms with van der Waals surface area (Å²) < 4.78 is 27.2. The van der Waals surface area contributed by atoms with E-state index in [1.165, 1.54) is 0 Å². The fourth-order valence-electron chi connectivity index (χ4n) is 1.83. The van der Waals surface area contributed by atoms with Crippen LogP contribution >= 0.6 is 0 Å². The van der Waals surface area contributed by atoms with Gasteiger partial charge in [-0.25, -0.2) is 18.7 Å². The van der Waals surface area contributed by atoms with Crippen molar-refractivity contribution >= 4 is 5.82 Å². The summed E-state index contributed by atoms with van der Waals surface area (Å²) in [6, 6.07) is 4.98. The Labute approximate surface area is 117 Å². The van der Waals surface area contributed by atoms with E-state index in [2.05, 4.69) is 15.3 Å². The van der Waals surface area contributed by atoms with Gasteiger partial charge in [-0.3, -0.25) is 0 Å².